The minimum Gasteiger partial charge on any atom is -0.355 e. The summed E-state index contributed by atoms with van der Waals surface area (Å²) in [6, 6.07) is 9.54. The Labute approximate surface area is 169 Å². The molecule has 0 radical (unpaired) electrons. The largest absolute Gasteiger partial charge is 0.355 e. The number of hydrogen-bond donors (Lipinski definition) is 2. The van der Waals surface area contributed by atoms with E-state index in [9.17, 15) is 4.79 Å². The minimum atomic E-state index is -0.259. The highest BCUT2D eigenvalue weighted by Crippen LogP contribution is 2.18. The molecule has 1 aromatic carbocycles. The molecule has 1 fully saturated rings. The molecule has 0 spiro atoms. The quantitative estimate of drug-likeness (QED) is 0.748. The summed E-state index contributed by atoms with van der Waals surface area (Å²) in [5.41, 5.74) is 7.20. The molecule has 1 aromatic rings. The zero-order valence-corrected chi connectivity index (χ0v) is 17.3. The minimum absolute atomic E-state index is 0. The molecule has 25 heavy (non-hydrogen) atoms. The van der Waals surface area contributed by atoms with Gasteiger partial charge in [0.2, 0.25) is 5.91 Å². The van der Waals surface area contributed by atoms with Crippen molar-refractivity contribution in [3.05, 3.63) is 35.9 Å². The number of carbonyl (C=O) groups excluding carboxylic acids is 1. The van der Waals surface area contributed by atoms with Gasteiger partial charge in [0.05, 0.1) is 5.92 Å². The summed E-state index contributed by atoms with van der Waals surface area (Å²) in [6.45, 7) is 7.84. The highest BCUT2D eigenvalue weighted by Gasteiger charge is 2.22. The number of nitrogens with two attached hydrogens (primary N) is 1. The lowest BCUT2D eigenvalue weighted by atomic mass is 9.95. The van der Waals surface area contributed by atoms with Gasteiger partial charge in [0.15, 0.2) is 0 Å². The third kappa shape index (κ3) is 8.58. The van der Waals surface area contributed by atoms with Crippen LogP contribution < -0.4 is 11.1 Å². The molecule has 1 amide bonds. The van der Waals surface area contributed by atoms with E-state index >= 15 is 0 Å². The summed E-state index contributed by atoms with van der Waals surface area (Å²) in [5, 5.41) is 3.02. The van der Waals surface area contributed by atoms with E-state index < -0.39 is 0 Å². The molecule has 3 N–H and O–H groups in total. The molecule has 0 bridgehead atoms. The molecule has 1 aliphatic rings. The van der Waals surface area contributed by atoms with Crippen LogP contribution in [-0.4, -0.2) is 62.0 Å². The summed E-state index contributed by atoms with van der Waals surface area (Å²) in [6.07, 6.45) is 0. The fraction of sp³-hybridized carbons (Fsp3) is 0.588. The van der Waals surface area contributed by atoms with Crippen molar-refractivity contribution in [3.63, 3.8) is 0 Å². The van der Waals surface area contributed by atoms with Gasteiger partial charge in [-0.3, -0.25) is 9.69 Å². The second-order valence-electron chi connectivity index (χ2n) is 6.16. The van der Waals surface area contributed by atoms with E-state index in [1.807, 2.05) is 37.3 Å². The fourth-order valence-electron chi connectivity index (χ4n) is 2.70. The van der Waals surface area contributed by atoms with E-state index in [0.717, 1.165) is 38.3 Å². The normalized spacial score (nSPS) is 17.2. The number of amides is 1. The maximum absolute atomic E-state index is 12.2. The van der Waals surface area contributed by atoms with Crippen molar-refractivity contribution < 1.29 is 4.79 Å². The Kier molecular flexibility index (Phi) is 14.5. The van der Waals surface area contributed by atoms with Crippen LogP contribution in [0.4, 0.5) is 0 Å². The monoisotopic (exact) mass is 412 g/mol. The smallest absolute Gasteiger partial charge is 0.224 e. The first kappa shape index (κ1) is 26.7. The summed E-state index contributed by atoms with van der Waals surface area (Å²) in [4.78, 5) is 17.0. The number of piperazine rings is 1. The summed E-state index contributed by atoms with van der Waals surface area (Å²) in [7, 11) is 2.14. The average molecular weight is 414 g/mol. The SMILES string of the molecule is CC(C(=O)NCCN1CCN(C)CC1)C(N)c1ccccc1.Cl.Cl.Cl. The number of nitrogens with one attached hydrogen (secondary N) is 1. The molecule has 8 heteroatoms. The molecule has 1 aliphatic heterocycles. The van der Waals surface area contributed by atoms with E-state index in [1.54, 1.807) is 0 Å². The van der Waals surface area contributed by atoms with Crippen molar-refractivity contribution >= 4 is 43.1 Å². The number of likely N-dealkylation sites (N-methyl/N-ethyl adjacent to an activating group) is 1. The Balaban J connectivity index is 0. The second kappa shape index (κ2) is 13.6. The Bertz CT molecular complexity index is 470. The molecule has 0 saturated carbocycles. The first-order valence-electron chi connectivity index (χ1n) is 8.07. The van der Waals surface area contributed by atoms with Gasteiger partial charge in [0, 0.05) is 45.3 Å². The lowest BCUT2D eigenvalue weighted by Gasteiger charge is -2.32. The highest BCUT2D eigenvalue weighted by atomic mass is 35.5. The van der Waals surface area contributed by atoms with Gasteiger partial charge < -0.3 is 16.0 Å². The number of carbonyl (C=O) groups is 1. The first-order valence-corrected chi connectivity index (χ1v) is 8.07. The van der Waals surface area contributed by atoms with E-state index in [0.29, 0.717) is 6.54 Å². The molecular formula is C17H31Cl3N4O. The van der Waals surface area contributed by atoms with Crippen LogP contribution in [0.1, 0.15) is 18.5 Å². The Hall–Kier alpha value is -0.560. The van der Waals surface area contributed by atoms with E-state index in [1.165, 1.54) is 0 Å². The van der Waals surface area contributed by atoms with Gasteiger partial charge in [-0.25, -0.2) is 0 Å². The number of nitrogens with zero attached hydrogens (tertiary/aromatic N) is 2. The molecule has 2 rings (SSSR count). The maximum atomic E-state index is 12.2. The van der Waals surface area contributed by atoms with Crippen molar-refractivity contribution in [1.82, 2.24) is 15.1 Å². The lowest BCUT2D eigenvalue weighted by Crippen LogP contribution is -2.47. The van der Waals surface area contributed by atoms with Crippen LogP contribution >= 0.6 is 37.2 Å². The van der Waals surface area contributed by atoms with Gasteiger partial charge in [-0.2, -0.15) is 0 Å². The summed E-state index contributed by atoms with van der Waals surface area (Å²) < 4.78 is 0. The summed E-state index contributed by atoms with van der Waals surface area (Å²) >= 11 is 0. The molecule has 2 atom stereocenters. The molecule has 0 aromatic heterocycles. The number of halogens is 3. The van der Waals surface area contributed by atoms with Crippen LogP contribution in [-0.2, 0) is 4.79 Å². The maximum Gasteiger partial charge on any atom is 0.224 e. The summed E-state index contributed by atoms with van der Waals surface area (Å²) in [5.74, 6) is -0.194. The molecule has 1 heterocycles. The Morgan fingerprint density at radius 2 is 1.68 bits per heavy atom. The third-order valence-electron chi connectivity index (χ3n) is 4.46. The van der Waals surface area contributed by atoms with Gasteiger partial charge >= 0.3 is 0 Å². The van der Waals surface area contributed by atoms with Crippen molar-refractivity contribution in [2.75, 3.05) is 46.3 Å². The number of rotatable bonds is 6. The van der Waals surface area contributed by atoms with Crippen molar-refractivity contribution in [3.8, 4) is 0 Å². The molecule has 0 aliphatic carbocycles. The molecule has 1 saturated heterocycles. The van der Waals surface area contributed by atoms with E-state index in [4.69, 9.17) is 5.73 Å². The number of hydrogen-bond acceptors (Lipinski definition) is 4. The van der Waals surface area contributed by atoms with Crippen LogP contribution in [0.25, 0.3) is 0 Å². The van der Waals surface area contributed by atoms with Crippen molar-refractivity contribution in [2.45, 2.75) is 13.0 Å². The average Bonchev–Trinajstić information content (AvgIpc) is 2.56. The Morgan fingerprint density at radius 3 is 2.24 bits per heavy atom. The van der Waals surface area contributed by atoms with E-state index in [2.05, 4.69) is 22.2 Å². The molecule has 5 nitrogen and oxygen atoms in total. The predicted molar refractivity (Wildman–Crippen MR) is 111 cm³/mol. The van der Waals surface area contributed by atoms with Gasteiger partial charge in [-0.05, 0) is 12.6 Å². The van der Waals surface area contributed by atoms with Crippen LogP contribution in [0, 0.1) is 5.92 Å². The van der Waals surface area contributed by atoms with Gasteiger partial charge in [0.25, 0.3) is 0 Å². The second-order valence-corrected chi connectivity index (χ2v) is 6.16. The highest BCUT2D eigenvalue weighted by molar-refractivity contribution is 5.86. The van der Waals surface area contributed by atoms with Crippen LogP contribution in [0.15, 0.2) is 30.3 Å². The zero-order chi connectivity index (χ0) is 15.9. The van der Waals surface area contributed by atoms with Crippen LogP contribution in [0.2, 0.25) is 0 Å². The zero-order valence-electron chi connectivity index (χ0n) is 14.9. The van der Waals surface area contributed by atoms with Crippen molar-refractivity contribution in [2.24, 2.45) is 11.7 Å². The fourth-order valence-corrected chi connectivity index (χ4v) is 2.70. The standard InChI is InChI=1S/C17H28N4O.3ClH/c1-14(16(18)15-6-4-3-5-7-15)17(22)19-8-9-21-12-10-20(2)11-13-21;;;/h3-7,14,16H,8-13,18H2,1-2H3,(H,19,22);3*1H. The lowest BCUT2D eigenvalue weighted by molar-refractivity contribution is -0.125. The van der Waals surface area contributed by atoms with E-state index in [-0.39, 0.29) is 55.1 Å². The molecule has 2 unspecified atom stereocenters. The van der Waals surface area contributed by atoms with Crippen molar-refractivity contribution in [1.29, 1.82) is 0 Å². The predicted octanol–water partition coefficient (Wildman–Crippen LogP) is 1.95. The molecule has 146 valence electrons. The third-order valence-corrected chi connectivity index (χ3v) is 4.46. The molecular weight excluding hydrogens is 383 g/mol. The van der Waals surface area contributed by atoms with Crippen LogP contribution in [0.3, 0.4) is 0 Å². The van der Waals surface area contributed by atoms with Gasteiger partial charge in [0.1, 0.15) is 0 Å². The van der Waals surface area contributed by atoms with Crippen LogP contribution in [0.5, 0.6) is 0 Å². The van der Waals surface area contributed by atoms with Gasteiger partial charge in [-0.1, -0.05) is 37.3 Å². The topological polar surface area (TPSA) is 61.6 Å². The first-order chi connectivity index (χ1) is 10.6. The Morgan fingerprint density at radius 1 is 1.12 bits per heavy atom. The van der Waals surface area contributed by atoms with Gasteiger partial charge in [-0.15, -0.1) is 37.2 Å². The number of benzene rings is 1.